The molecule has 0 saturated heterocycles. The second-order valence-corrected chi connectivity index (χ2v) is 3.96. The largest absolute Gasteiger partial charge is 0.345 e. The topological polar surface area (TPSA) is 71.1 Å². The van der Waals surface area contributed by atoms with Crippen LogP contribution in [-0.2, 0) is 9.59 Å². The smallest absolute Gasteiger partial charge is 0.314 e. The molecule has 0 saturated carbocycles. The van der Waals surface area contributed by atoms with E-state index in [9.17, 15) is 9.59 Å². The van der Waals surface area contributed by atoms with Gasteiger partial charge in [-0.1, -0.05) is 13.0 Å². The van der Waals surface area contributed by atoms with E-state index in [-0.39, 0.29) is 6.04 Å². The Hall–Kier alpha value is -1.91. The fraction of sp³-hybridized carbons (Fsp3) is 0.417. The number of anilines is 1. The molecule has 0 aliphatic rings. The minimum atomic E-state index is -0.693. The van der Waals surface area contributed by atoms with Crippen LogP contribution in [0.2, 0.25) is 0 Å². The minimum Gasteiger partial charge on any atom is -0.345 e. The van der Waals surface area contributed by atoms with Crippen LogP contribution in [0.1, 0.15) is 25.8 Å². The summed E-state index contributed by atoms with van der Waals surface area (Å²) < 4.78 is 0. The predicted octanol–water partition coefficient (Wildman–Crippen LogP) is 1.24. The Kier molecular flexibility index (Phi) is 4.63. The van der Waals surface area contributed by atoms with Crippen molar-refractivity contribution in [3.63, 3.8) is 0 Å². The van der Waals surface area contributed by atoms with E-state index < -0.39 is 11.8 Å². The number of nitrogens with zero attached hydrogens (tertiary/aromatic N) is 1. The SMILES string of the molecule is CCC(C)NC(=O)C(=O)Nc1ccc(C)cn1. The maximum Gasteiger partial charge on any atom is 0.314 e. The molecule has 2 N–H and O–H groups in total. The highest BCUT2D eigenvalue weighted by Crippen LogP contribution is 2.03. The van der Waals surface area contributed by atoms with E-state index >= 15 is 0 Å². The zero-order valence-electron chi connectivity index (χ0n) is 10.3. The van der Waals surface area contributed by atoms with E-state index in [2.05, 4.69) is 15.6 Å². The molecular weight excluding hydrogens is 218 g/mol. The lowest BCUT2D eigenvalue weighted by Crippen LogP contribution is -2.40. The fourth-order valence-corrected chi connectivity index (χ4v) is 1.11. The Bertz CT molecular complexity index is 401. The Morgan fingerprint density at radius 2 is 2.06 bits per heavy atom. The van der Waals surface area contributed by atoms with E-state index in [0.29, 0.717) is 5.82 Å². The lowest BCUT2D eigenvalue weighted by molar-refractivity contribution is -0.136. The van der Waals surface area contributed by atoms with Crippen LogP contribution in [-0.4, -0.2) is 22.8 Å². The molecule has 0 spiro atoms. The summed E-state index contributed by atoms with van der Waals surface area (Å²) in [6.45, 7) is 5.67. The summed E-state index contributed by atoms with van der Waals surface area (Å²) in [6, 6.07) is 3.46. The van der Waals surface area contributed by atoms with Crippen LogP contribution in [0, 0.1) is 6.92 Å². The maximum atomic E-state index is 11.5. The first-order valence-electron chi connectivity index (χ1n) is 5.57. The van der Waals surface area contributed by atoms with Gasteiger partial charge in [0.2, 0.25) is 0 Å². The summed E-state index contributed by atoms with van der Waals surface area (Å²) in [5, 5.41) is 5.02. The molecule has 17 heavy (non-hydrogen) atoms. The average Bonchev–Trinajstić information content (AvgIpc) is 2.31. The van der Waals surface area contributed by atoms with Crippen LogP contribution < -0.4 is 10.6 Å². The van der Waals surface area contributed by atoms with Gasteiger partial charge in [0.1, 0.15) is 5.82 Å². The number of carbonyl (C=O) groups excluding carboxylic acids is 2. The van der Waals surface area contributed by atoms with Crippen LogP contribution in [0.5, 0.6) is 0 Å². The molecule has 0 aliphatic heterocycles. The van der Waals surface area contributed by atoms with E-state index in [1.807, 2.05) is 26.8 Å². The molecule has 0 aliphatic carbocycles. The first kappa shape index (κ1) is 13.2. The third-order valence-electron chi connectivity index (χ3n) is 2.35. The van der Waals surface area contributed by atoms with Crippen molar-refractivity contribution in [2.75, 3.05) is 5.32 Å². The molecule has 92 valence electrons. The summed E-state index contributed by atoms with van der Waals surface area (Å²) >= 11 is 0. The minimum absolute atomic E-state index is 0.0146. The number of pyridine rings is 1. The van der Waals surface area contributed by atoms with Gasteiger partial charge in [-0.3, -0.25) is 9.59 Å². The molecule has 1 heterocycles. The van der Waals surface area contributed by atoms with E-state index in [1.54, 1.807) is 12.3 Å². The van der Waals surface area contributed by atoms with Crippen molar-refractivity contribution in [1.82, 2.24) is 10.3 Å². The Labute approximate surface area is 101 Å². The number of nitrogens with one attached hydrogen (secondary N) is 2. The van der Waals surface area contributed by atoms with Crippen LogP contribution in [0.3, 0.4) is 0 Å². The summed E-state index contributed by atoms with van der Waals surface area (Å²) in [5.41, 5.74) is 0.993. The number of aryl methyl sites for hydroxylation is 1. The molecule has 2 amide bonds. The van der Waals surface area contributed by atoms with Gasteiger partial charge in [-0.25, -0.2) is 4.98 Å². The molecule has 1 aromatic rings. The first-order valence-corrected chi connectivity index (χ1v) is 5.57. The van der Waals surface area contributed by atoms with Gasteiger partial charge in [0.25, 0.3) is 0 Å². The van der Waals surface area contributed by atoms with Crippen LogP contribution in [0.4, 0.5) is 5.82 Å². The highest BCUT2D eigenvalue weighted by molar-refractivity contribution is 6.39. The van der Waals surface area contributed by atoms with E-state index in [1.165, 1.54) is 0 Å². The molecule has 1 atom stereocenters. The number of rotatable bonds is 3. The summed E-state index contributed by atoms with van der Waals surface area (Å²) in [6.07, 6.45) is 2.41. The van der Waals surface area contributed by atoms with Gasteiger partial charge in [0.15, 0.2) is 0 Å². The lowest BCUT2D eigenvalue weighted by Gasteiger charge is -2.10. The Morgan fingerprint density at radius 3 is 2.59 bits per heavy atom. The average molecular weight is 235 g/mol. The van der Waals surface area contributed by atoms with E-state index in [0.717, 1.165) is 12.0 Å². The van der Waals surface area contributed by atoms with Gasteiger partial charge in [0.05, 0.1) is 0 Å². The third-order valence-corrected chi connectivity index (χ3v) is 2.35. The quantitative estimate of drug-likeness (QED) is 0.774. The summed E-state index contributed by atoms with van der Waals surface area (Å²) in [5.74, 6) is -0.955. The van der Waals surface area contributed by atoms with Gasteiger partial charge in [-0.05, 0) is 31.9 Å². The molecule has 0 fully saturated rings. The molecule has 5 nitrogen and oxygen atoms in total. The Morgan fingerprint density at radius 1 is 1.35 bits per heavy atom. The Balaban J connectivity index is 2.54. The molecule has 0 bridgehead atoms. The van der Waals surface area contributed by atoms with Crippen LogP contribution in [0.15, 0.2) is 18.3 Å². The number of amides is 2. The highest BCUT2D eigenvalue weighted by Gasteiger charge is 2.15. The zero-order chi connectivity index (χ0) is 12.8. The maximum absolute atomic E-state index is 11.5. The van der Waals surface area contributed by atoms with Crippen LogP contribution >= 0.6 is 0 Å². The lowest BCUT2D eigenvalue weighted by atomic mass is 10.2. The van der Waals surface area contributed by atoms with Crippen molar-refractivity contribution in [3.05, 3.63) is 23.9 Å². The fourth-order valence-electron chi connectivity index (χ4n) is 1.11. The van der Waals surface area contributed by atoms with Gasteiger partial charge in [0, 0.05) is 12.2 Å². The van der Waals surface area contributed by atoms with Crippen molar-refractivity contribution in [3.8, 4) is 0 Å². The zero-order valence-corrected chi connectivity index (χ0v) is 10.3. The van der Waals surface area contributed by atoms with Crippen molar-refractivity contribution in [2.24, 2.45) is 0 Å². The number of hydrogen-bond acceptors (Lipinski definition) is 3. The second-order valence-electron chi connectivity index (χ2n) is 3.96. The van der Waals surface area contributed by atoms with Gasteiger partial charge >= 0.3 is 11.8 Å². The number of hydrogen-bond donors (Lipinski definition) is 2. The molecule has 1 rings (SSSR count). The first-order chi connectivity index (χ1) is 8.02. The molecule has 1 aromatic heterocycles. The normalized spacial score (nSPS) is 11.7. The van der Waals surface area contributed by atoms with E-state index in [4.69, 9.17) is 0 Å². The monoisotopic (exact) mass is 235 g/mol. The number of aromatic nitrogens is 1. The summed E-state index contributed by atoms with van der Waals surface area (Å²) in [7, 11) is 0. The van der Waals surface area contributed by atoms with Gasteiger partial charge in [-0.15, -0.1) is 0 Å². The molecule has 5 heteroatoms. The predicted molar refractivity (Wildman–Crippen MR) is 65.5 cm³/mol. The van der Waals surface area contributed by atoms with Gasteiger partial charge in [-0.2, -0.15) is 0 Å². The van der Waals surface area contributed by atoms with Crippen molar-refractivity contribution in [2.45, 2.75) is 33.2 Å². The number of carbonyl (C=O) groups is 2. The highest BCUT2D eigenvalue weighted by atomic mass is 16.2. The van der Waals surface area contributed by atoms with Gasteiger partial charge < -0.3 is 10.6 Å². The molecule has 1 unspecified atom stereocenters. The van der Waals surface area contributed by atoms with Crippen molar-refractivity contribution >= 4 is 17.6 Å². The standard InChI is InChI=1S/C12H17N3O2/c1-4-9(3)14-11(16)12(17)15-10-6-5-8(2)7-13-10/h5-7,9H,4H2,1-3H3,(H,14,16)(H,13,15,17). The third kappa shape index (κ3) is 4.22. The second kappa shape index (κ2) is 5.98. The van der Waals surface area contributed by atoms with Crippen molar-refractivity contribution < 1.29 is 9.59 Å². The summed E-state index contributed by atoms with van der Waals surface area (Å²) in [4.78, 5) is 26.9. The van der Waals surface area contributed by atoms with Crippen molar-refractivity contribution in [1.29, 1.82) is 0 Å². The molecule has 0 radical (unpaired) electrons. The van der Waals surface area contributed by atoms with Crippen LogP contribution in [0.25, 0.3) is 0 Å². The molecule has 0 aromatic carbocycles. The molecular formula is C12H17N3O2.